The summed E-state index contributed by atoms with van der Waals surface area (Å²) in [6.07, 6.45) is 1.76. The van der Waals surface area contributed by atoms with Crippen LogP contribution in [0, 0.1) is 0 Å². The molecule has 1 fully saturated rings. The van der Waals surface area contributed by atoms with Crippen molar-refractivity contribution in [2.24, 2.45) is 0 Å². The van der Waals surface area contributed by atoms with Crippen LogP contribution in [0.2, 0.25) is 0 Å². The van der Waals surface area contributed by atoms with Crippen molar-refractivity contribution >= 4 is 37.5 Å². The fraction of sp³-hybridized carbons (Fsp3) is 0.222. The summed E-state index contributed by atoms with van der Waals surface area (Å²) in [5.41, 5.74) is 1.33. The molecule has 0 saturated heterocycles. The molecule has 1 heterocycles. The van der Waals surface area contributed by atoms with E-state index in [4.69, 9.17) is 0 Å². The summed E-state index contributed by atoms with van der Waals surface area (Å²) >= 11 is 1.54. The molecule has 0 aliphatic heterocycles. The minimum absolute atomic E-state index is 0.0526. The van der Waals surface area contributed by atoms with E-state index in [0.29, 0.717) is 12.1 Å². The van der Waals surface area contributed by atoms with Crippen molar-refractivity contribution in [1.82, 2.24) is 15.0 Å². The SMILES string of the molecule is O=C(NCc1nc2ccccc2s1)c1ccc(S(=O)(=O)NC2CC2)cc1. The van der Waals surface area contributed by atoms with Gasteiger partial charge in [0.15, 0.2) is 0 Å². The molecule has 1 aromatic heterocycles. The zero-order valence-corrected chi connectivity index (χ0v) is 15.4. The Balaban J connectivity index is 1.41. The Morgan fingerprint density at radius 1 is 1.12 bits per heavy atom. The van der Waals surface area contributed by atoms with Crippen LogP contribution < -0.4 is 10.0 Å². The second-order valence-electron chi connectivity index (χ2n) is 6.18. The first-order chi connectivity index (χ1) is 12.5. The number of fused-ring (bicyclic) bond motifs is 1. The highest BCUT2D eigenvalue weighted by Crippen LogP contribution is 2.23. The van der Waals surface area contributed by atoms with Crippen molar-refractivity contribution in [3.05, 3.63) is 59.1 Å². The highest BCUT2D eigenvalue weighted by Gasteiger charge is 2.27. The average molecular weight is 387 g/mol. The van der Waals surface area contributed by atoms with Crippen LogP contribution in [-0.4, -0.2) is 25.4 Å². The van der Waals surface area contributed by atoms with Gasteiger partial charge in [0.2, 0.25) is 10.0 Å². The van der Waals surface area contributed by atoms with Gasteiger partial charge in [0.1, 0.15) is 5.01 Å². The number of rotatable bonds is 6. The Morgan fingerprint density at radius 3 is 2.54 bits per heavy atom. The van der Waals surface area contributed by atoms with E-state index in [1.165, 1.54) is 35.6 Å². The van der Waals surface area contributed by atoms with E-state index in [1.54, 1.807) is 0 Å². The molecule has 1 aliphatic carbocycles. The lowest BCUT2D eigenvalue weighted by molar-refractivity contribution is 0.0951. The van der Waals surface area contributed by atoms with Crippen LogP contribution >= 0.6 is 11.3 Å². The number of carbonyl (C=O) groups is 1. The molecule has 1 amide bonds. The number of hydrogen-bond donors (Lipinski definition) is 2. The molecular formula is C18H17N3O3S2. The maximum atomic E-state index is 12.3. The molecule has 0 bridgehead atoms. The second kappa shape index (κ2) is 6.79. The van der Waals surface area contributed by atoms with Gasteiger partial charge < -0.3 is 5.32 Å². The van der Waals surface area contributed by atoms with Gasteiger partial charge in [0, 0.05) is 11.6 Å². The lowest BCUT2D eigenvalue weighted by atomic mass is 10.2. The molecule has 3 aromatic rings. The Morgan fingerprint density at radius 2 is 1.85 bits per heavy atom. The molecular weight excluding hydrogens is 370 g/mol. The number of carbonyl (C=O) groups excluding carboxylic acids is 1. The van der Waals surface area contributed by atoms with E-state index in [2.05, 4.69) is 15.0 Å². The summed E-state index contributed by atoms with van der Waals surface area (Å²) in [5, 5.41) is 3.65. The predicted octanol–water partition coefficient (Wildman–Crippen LogP) is 2.67. The van der Waals surface area contributed by atoms with Gasteiger partial charge in [-0.3, -0.25) is 4.79 Å². The van der Waals surface area contributed by atoms with Gasteiger partial charge in [0.25, 0.3) is 5.91 Å². The van der Waals surface area contributed by atoms with Crippen molar-refractivity contribution < 1.29 is 13.2 Å². The number of benzene rings is 2. The Kier molecular flexibility index (Phi) is 4.47. The van der Waals surface area contributed by atoms with Crippen molar-refractivity contribution in [1.29, 1.82) is 0 Å². The number of hydrogen-bond acceptors (Lipinski definition) is 5. The van der Waals surface area contributed by atoms with Gasteiger partial charge in [-0.05, 0) is 49.2 Å². The fourth-order valence-electron chi connectivity index (χ4n) is 2.53. The summed E-state index contributed by atoms with van der Waals surface area (Å²) in [5.74, 6) is -0.261. The van der Waals surface area contributed by atoms with Gasteiger partial charge >= 0.3 is 0 Å². The summed E-state index contributed by atoms with van der Waals surface area (Å²) in [7, 11) is -3.50. The van der Waals surface area contributed by atoms with Gasteiger partial charge in [-0.25, -0.2) is 18.1 Å². The average Bonchev–Trinajstić information content (AvgIpc) is 3.34. The number of amides is 1. The van der Waals surface area contributed by atoms with Crippen LogP contribution in [0.1, 0.15) is 28.2 Å². The summed E-state index contributed by atoms with van der Waals surface area (Å²) in [6, 6.07) is 13.8. The molecule has 0 radical (unpaired) electrons. The predicted molar refractivity (Wildman–Crippen MR) is 101 cm³/mol. The van der Waals surface area contributed by atoms with Crippen LogP contribution in [0.4, 0.5) is 0 Å². The first kappa shape index (κ1) is 17.1. The maximum Gasteiger partial charge on any atom is 0.251 e. The quantitative estimate of drug-likeness (QED) is 0.681. The first-order valence-corrected chi connectivity index (χ1v) is 10.6. The van der Waals surface area contributed by atoms with E-state index in [-0.39, 0.29) is 16.8 Å². The minimum atomic E-state index is -3.50. The molecule has 0 unspecified atom stereocenters. The third-order valence-corrected chi connectivity index (χ3v) is 6.64. The van der Waals surface area contributed by atoms with Crippen LogP contribution in [0.25, 0.3) is 10.2 Å². The third kappa shape index (κ3) is 3.77. The smallest absolute Gasteiger partial charge is 0.251 e. The lowest BCUT2D eigenvalue weighted by Gasteiger charge is -2.07. The number of sulfonamides is 1. The number of nitrogens with zero attached hydrogens (tertiary/aromatic N) is 1. The lowest BCUT2D eigenvalue weighted by Crippen LogP contribution is -2.26. The van der Waals surface area contributed by atoms with Crippen LogP contribution in [-0.2, 0) is 16.6 Å². The molecule has 6 nitrogen and oxygen atoms in total. The molecule has 2 aromatic carbocycles. The molecule has 0 spiro atoms. The maximum absolute atomic E-state index is 12.3. The van der Waals surface area contributed by atoms with Crippen molar-refractivity contribution in [3.63, 3.8) is 0 Å². The summed E-state index contributed by atoms with van der Waals surface area (Å²) in [6.45, 7) is 0.335. The fourth-order valence-corrected chi connectivity index (χ4v) is 4.74. The number of thiazole rings is 1. The van der Waals surface area contributed by atoms with E-state index in [0.717, 1.165) is 28.1 Å². The van der Waals surface area contributed by atoms with Crippen molar-refractivity contribution in [3.8, 4) is 0 Å². The van der Waals surface area contributed by atoms with E-state index in [1.807, 2.05) is 24.3 Å². The summed E-state index contributed by atoms with van der Waals surface area (Å²) in [4.78, 5) is 16.9. The van der Waals surface area contributed by atoms with Gasteiger partial charge in [0.05, 0.1) is 21.7 Å². The molecule has 26 heavy (non-hydrogen) atoms. The highest BCUT2D eigenvalue weighted by molar-refractivity contribution is 7.89. The second-order valence-corrected chi connectivity index (χ2v) is 9.01. The number of para-hydroxylation sites is 1. The molecule has 1 aliphatic rings. The molecule has 2 N–H and O–H groups in total. The first-order valence-electron chi connectivity index (χ1n) is 8.26. The third-order valence-electron chi connectivity index (χ3n) is 4.06. The zero-order chi connectivity index (χ0) is 18.1. The van der Waals surface area contributed by atoms with Gasteiger partial charge in [-0.15, -0.1) is 11.3 Å². The topological polar surface area (TPSA) is 88.2 Å². The van der Waals surface area contributed by atoms with Crippen molar-refractivity contribution in [2.45, 2.75) is 30.3 Å². The number of aromatic nitrogens is 1. The van der Waals surface area contributed by atoms with Crippen molar-refractivity contribution in [2.75, 3.05) is 0 Å². The van der Waals surface area contributed by atoms with Gasteiger partial charge in [-0.2, -0.15) is 0 Å². The standard InChI is InChI=1S/C18H17N3O3S2/c22-18(19-11-17-20-15-3-1-2-4-16(15)25-17)12-5-9-14(10-6-12)26(23,24)21-13-7-8-13/h1-6,9-10,13,21H,7-8,11H2,(H,19,22). The molecule has 4 rings (SSSR count). The highest BCUT2D eigenvalue weighted by atomic mass is 32.2. The Labute approximate surface area is 155 Å². The van der Waals surface area contributed by atoms with E-state index >= 15 is 0 Å². The van der Waals surface area contributed by atoms with Crippen LogP contribution in [0.15, 0.2) is 53.4 Å². The Hall–Kier alpha value is -2.29. The van der Waals surface area contributed by atoms with E-state index < -0.39 is 10.0 Å². The molecule has 8 heteroatoms. The largest absolute Gasteiger partial charge is 0.346 e. The van der Waals surface area contributed by atoms with Gasteiger partial charge in [-0.1, -0.05) is 12.1 Å². The number of nitrogens with one attached hydrogen (secondary N) is 2. The minimum Gasteiger partial charge on any atom is -0.346 e. The molecule has 1 saturated carbocycles. The van der Waals surface area contributed by atoms with E-state index in [9.17, 15) is 13.2 Å². The molecule has 134 valence electrons. The Bertz CT molecular complexity index is 1020. The van der Waals surface area contributed by atoms with Crippen LogP contribution in [0.5, 0.6) is 0 Å². The normalized spacial score (nSPS) is 14.5. The molecule has 0 atom stereocenters. The summed E-state index contributed by atoms with van der Waals surface area (Å²) < 4.78 is 28.0. The van der Waals surface area contributed by atoms with Crippen LogP contribution in [0.3, 0.4) is 0 Å². The monoisotopic (exact) mass is 387 g/mol. The zero-order valence-electron chi connectivity index (χ0n) is 13.8.